The fourth-order valence-electron chi connectivity index (χ4n) is 3.85. The van der Waals surface area contributed by atoms with Gasteiger partial charge < -0.3 is 10.2 Å². The van der Waals surface area contributed by atoms with Crippen LogP contribution in [0.1, 0.15) is 33.1 Å². The van der Waals surface area contributed by atoms with Gasteiger partial charge >= 0.3 is 0 Å². The average molecular weight is 345 g/mol. The van der Waals surface area contributed by atoms with Gasteiger partial charge in [0, 0.05) is 39.8 Å². The van der Waals surface area contributed by atoms with Gasteiger partial charge in [0.1, 0.15) is 0 Å². The maximum absolute atomic E-state index is 11.6. The Morgan fingerprint density at radius 3 is 2.22 bits per heavy atom. The van der Waals surface area contributed by atoms with Gasteiger partial charge in [0.2, 0.25) is 10.0 Å². The highest BCUT2D eigenvalue weighted by molar-refractivity contribution is 7.88. The molecule has 0 amide bonds. The maximum Gasteiger partial charge on any atom is 0.211 e. The summed E-state index contributed by atoms with van der Waals surface area (Å²) in [6.45, 7) is 8.90. The summed E-state index contributed by atoms with van der Waals surface area (Å²) in [4.78, 5) is 6.81. The Bertz CT molecular complexity index is 502. The summed E-state index contributed by atoms with van der Waals surface area (Å²) in [6, 6.07) is 0. The number of sulfonamides is 1. The topological polar surface area (TPSA) is 65.0 Å². The molecule has 0 radical (unpaired) electrons. The minimum absolute atomic E-state index is 0.518. The molecule has 0 saturated carbocycles. The van der Waals surface area contributed by atoms with Crippen molar-refractivity contribution in [2.75, 3.05) is 46.0 Å². The van der Waals surface area contributed by atoms with Crippen molar-refractivity contribution in [3.8, 4) is 0 Å². The van der Waals surface area contributed by atoms with Crippen LogP contribution in [0.4, 0.5) is 0 Å². The second-order valence-electron chi connectivity index (χ2n) is 7.38. The van der Waals surface area contributed by atoms with E-state index < -0.39 is 10.0 Å². The van der Waals surface area contributed by atoms with E-state index in [1.165, 1.54) is 12.7 Å². The highest BCUT2D eigenvalue weighted by Gasteiger charge is 2.27. The van der Waals surface area contributed by atoms with Gasteiger partial charge in [0.05, 0.1) is 6.26 Å². The number of rotatable bonds is 3. The summed E-state index contributed by atoms with van der Waals surface area (Å²) in [5.74, 6) is 2.92. The number of likely N-dealkylation sites (tertiary alicyclic amines) is 1. The highest BCUT2D eigenvalue weighted by atomic mass is 32.2. The molecule has 0 aromatic carbocycles. The molecule has 0 aromatic heterocycles. The lowest BCUT2D eigenvalue weighted by Gasteiger charge is -2.38. The Morgan fingerprint density at radius 1 is 1.17 bits per heavy atom. The van der Waals surface area contributed by atoms with Gasteiger partial charge in [-0.1, -0.05) is 13.8 Å². The molecule has 23 heavy (non-hydrogen) atoms. The zero-order chi connectivity index (χ0) is 17.0. The monoisotopic (exact) mass is 344 g/mol. The molecule has 2 aliphatic rings. The van der Waals surface area contributed by atoms with Crippen LogP contribution in [0, 0.1) is 17.8 Å². The second-order valence-corrected chi connectivity index (χ2v) is 9.37. The van der Waals surface area contributed by atoms with Gasteiger partial charge in [-0.2, -0.15) is 0 Å². The van der Waals surface area contributed by atoms with Crippen LogP contribution < -0.4 is 5.32 Å². The van der Waals surface area contributed by atoms with E-state index >= 15 is 0 Å². The maximum atomic E-state index is 11.6. The van der Waals surface area contributed by atoms with E-state index in [0.717, 1.165) is 38.4 Å². The number of nitrogens with zero attached hydrogens (tertiary/aromatic N) is 3. The van der Waals surface area contributed by atoms with Crippen molar-refractivity contribution >= 4 is 16.0 Å². The molecule has 0 aromatic rings. The Kier molecular flexibility index (Phi) is 6.31. The molecular formula is C16H32N4O2S. The van der Waals surface area contributed by atoms with Crippen molar-refractivity contribution in [1.82, 2.24) is 14.5 Å². The third-order valence-electron chi connectivity index (χ3n) is 4.97. The number of hydrogen-bond donors (Lipinski definition) is 1. The predicted molar refractivity (Wildman–Crippen MR) is 95.0 cm³/mol. The van der Waals surface area contributed by atoms with E-state index in [0.29, 0.717) is 30.8 Å². The van der Waals surface area contributed by atoms with Crippen molar-refractivity contribution in [2.24, 2.45) is 22.7 Å². The number of nitrogens with one attached hydrogen (secondary N) is 1. The molecule has 2 fully saturated rings. The Labute approximate surface area is 141 Å². The first-order valence-electron chi connectivity index (χ1n) is 8.70. The lowest BCUT2D eigenvalue weighted by Crippen LogP contribution is -2.50. The van der Waals surface area contributed by atoms with Gasteiger partial charge in [-0.25, -0.2) is 12.7 Å². The fraction of sp³-hybridized carbons (Fsp3) is 0.938. The highest BCUT2D eigenvalue weighted by Crippen LogP contribution is 2.21. The molecule has 6 nitrogen and oxygen atoms in total. The third-order valence-corrected chi connectivity index (χ3v) is 6.27. The summed E-state index contributed by atoms with van der Waals surface area (Å²) in [6.07, 6.45) is 4.43. The zero-order valence-corrected chi connectivity index (χ0v) is 15.8. The van der Waals surface area contributed by atoms with Crippen molar-refractivity contribution in [2.45, 2.75) is 33.1 Å². The van der Waals surface area contributed by atoms with Crippen LogP contribution >= 0.6 is 0 Å². The van der Waals surface area contributed by atoms with Crippen LogP contribution in [-0.2, 0) is 10.0 Å². The second kappa shape index (κ2) is 7.83. The number of guanidine groups is 1. The Hall–Kier alpha value is -0.820. The standard InChI is InChI=1S/C16H32N4O2S/c1-13-9-14(2)12-19(11-13)16(17-3)18-10-15-5-7-20(8-6-15)23(4,21)22/h13-15H,5-12H2,1-4H3,(H,17,18). The van der Waals surface area contributed by atoms with E-state index in [2.05, 4.69) is 29.1 Å². The van der Waals surface area contributed by atoms with E-state index in [-0.39, 0.29) is 0 Å². The minimum Gasteiger partial charge on any atom is -0.356 e. The normalized spacial score (nSPS) is 28.9. The first-order chi connectivity index (χ1) is 10.8. The summed E-state index contributed by atoms with van der Waals surface area (Å²) in [7, 11) is -1.19. The third kappa shape index (κ3) is 5.35. The molecule has 1 N–H and O–H groups in total. The summed E-state index contributed by atoms with van der Waals surface area (Å²) >= 11 is 0. The minimum atomic E-state index is -3.03. The van der Waals surface area contributed by atoms with Crippen LogP contribution in [0.2, 0.25) is 0 Å². The molecule has 2 rings (SSSR count). The van der Waals surface area contributed by atoms with Gasteiger partial charge in [0.25, 0.3) is 0 Å². The fourth-order valence-corrected chi connectivity index (χ4v) is 4.72. The Balaban J connectivity index is 1.81. The molecule has 0 bridgehead atoms. The number of piperidine rings is 2. The van der Waals surface area contributed by atoms with Crippen LogP contribution in [0.15, 0.2) is 4.99 Å². The average Bonchev–Trinajstić information content (AvgIpc) is 2.46. The quantitative estimate of drug-likeness (QED) is 0.617. The smallest absolute Gasteiger partial charge is 0.211 e. The Morgan fingerprint density at radius 2 is 1.74 bits per heavy atom. The summed E-state index contributed by atoms with van der Waals surface area (Å²) in [5.41, 5.74) is 0. The van der Waals surface area contributed by atoms with Gasteiger partial charge in [0.15, 0.2) is 5.96 Å². The van der Waals surface area contributed by atoms with Crippen LogP contribution in [0.5, 0.6) is 0 Å². The lowest BCUT2D eigenvalue weighted by atomic mass is 9.92. The zero-order valence-electron chi connectivity index (χ0n) is 15.0. The molecule has 2 atom stereocenters. The van der Waals surface area contributed by atoms with E-state index in [9.17, 15) is 8.42 Å². The van der Waals surface area contributed by atoms with Crippen LogP contribution in [0.3, 0.4) is 0 Å². The first kappa shape index (κ1) is 18.5. The molecule has 134 valence electrons. The van der Waals surface area contributed by atoms with Crippen molar-refractivity contribution in [3.05, 3.63) is 0 Å². The van der Waals surface area contributed by atoms with Gasteiger partial charge in [-0.15, -0.1) is 0 Å². The molecule has 7 heteroatoms. The SMILES string of the molecule is CN=C(NCC1CCN(S(C)(=O)=O)CC1)N1CC(C)CC(C)C1. The molecular weight excluding hydrogens is 312 g/mol. The van der Waals surface area contributed by atoms with Gasteiger partial charge in [-0.3, -0.25) is 4.99 Å². The van der Waals surface area contributed by atoms with Gasteiger partial charge in [-0.05, 0) is 37.0 Å². The van der Waals surface area contributed by atoms with Crippen molar-refractivity contribution < 1.29 is 8.42 Å². The van der Waals surface area contributed by atoms with Crippen molar-refractivity contribution in [1.29, 1.82) is 0 Å². The summed E-state index contributed by atoms with van der Waals surface area (Å²) < 4.78 is 24.7. The molecule has 2 heterocycles. The summed E-state index contributed by atoms with van der Waals surface area (Å²) in [5, 5.41) is 3.51. The lowest BCUT2D eigenvalue weighted by molar-refractivity contribution is 0.206. The van der Waals surface area contributed by atoms with Crippen molar-refractivity contribution in [3.63, 3.8) is 0 Å². The molecule has 2 saturated heterocycles. The molecule has 0 aliphatic carbocycles. The number of hydrogen-bond acceptors (Lipinski definition) is 3. The van der Waals surface area contributed by atoms with E-state index in [1.54, 1.807) is 4.31 Å². The number of aliphatic imine (C=N–C) groups is 1. The molecule has 2 unspecified atom stereocenters. The van der Waals surface area contributed by atoms with E-state index in [1.807, 2.05) is 7.05 Å². The molecule has 0 spiro atoms. The predicted octanol–water partition coefficient (Wildman–Crippen LogP) is 1.21. The molecule has 2 aliphatic heterocycles. The van der Waals surface area contributed by atoms with E-state index in [4.69, 9.17) is 0 Å². The first-order valence-corrected chi connectivity index (χ1v) is 10.5. The van der Waals surface area contributed by atoms with Crippen LogP contribution in [-0.4, -0.2) is 69.6 Å². The van der Waals surface area contributed by atoms with Crippen LogP contribution in [0.25, 0.3) is 0 Å². The largest absolute Gasteiger partial charge is 0.356 e.